The van der Waals surface area contributed by atoms with Crippen LogP contribution in [0.25, 0.3) is 0 Å². The first-order valence-electron chi connectivity index (χ1n) is 6.61. The van der Waals surface area contributed by atoms with Crippen molar-refractivity contribution in [1.82, 2.24) is 4.98 Å². The van der Waals surface area contributed by atoms with E-state index >= 15 is 0 Å². The summed E-state index contributed by atoms with van der Waals surface area (Å²) in [6.45, 7) is 0.756. The summed E-state index contributed by atoms with van der Waals surface area (Å²) in [4.78, 5) is 4.40. The molecule has 0 atom stereocenters. The van der Waals surface area contributed by atoms with Crippen molar-refractivity contribution in [3.8, 4) is 0 Å². The van der Waals surface area contributed by atoms with E-state index in [4.69, 9.17) is 5.73 Å². The van der Waals surface area contributed by atoms with Crippen molar-refractivity contribution in [3.05, 3.63) is 18.3 Å². The van der Waals surface area contributed by atoms with E-state index in [9.17, 15) is 8.42 Å². The molecule has 0 aliphatic heterocycles. The minimum absolute atomic E-state index is 0.266. The van der Waals surface area contributed by atoms with Gasteiger partial charge < -0.3 is 11.1 Å². The molecule has 1 heterocycles. The van der Waals surface area contributed by atoms with Crippen LogP contribution in [-0.2, 0) is 9.84 Å². The number of nitrogens with one attached hydrogen (secondary N) is 1. The van der Waals surface area contributed by atoms with Gasteiger partial charge in [-0.2, -0.15) is 0 Å². The Hall–Kier alpha value is -1.14. The number of nitrogens with two attached hydrogens (primary N) is 1. The molecule has 5 nitrogen and oxygen atoms in total. The number of pyridine rings is 1. The van der Waals surface area contributed by atoms with Crippen molar-refractivity contribution in [2.45, 2.75) is 36.6 Å². The molecule has 3 N–H and O–H groups in total. The second-order valence-corrected chi connectivity index (χ2v) is 7.27. The first-order chi connectivity index (χ1) is 8.97. The van der Waals surface area contributed by atoms with Gasteiger partial charge in [0.05, 0.1) is 0 Å². The van der Waals surface area contributed by atoms with Crippen molar-refractivity contribution in [2.24, 2.45) is 11.7 Å². The van der Waals surface area contributed by atoms with E-state index in [0.717, 1.165) is 32.2 Å². The molecular formula is C13H21N3O2S. The standard InChI is InChI=1S/C13H21N3O2S/c1-19(17,18)12-3-2-8-15-13(12)16-9-10-4-6-11(14)7-5-10/h2-3,8,10-11H,4-7,9,14H2,1H3,(H,15,16). The van der Waals surface area contributed by atoms with Crippen LogP contribution in [0.15, 0.2) is 23.2 Å². The average molecular weight is 283 g/mol. The summed E-state index contributed by atoms with van der Waals surface area (Å²) in [5.74, 6) is 1.01. The number of hydrogen-bond donors (Lipinski definition) is 2. The Bertz CT molecular complexity index is 522. The fourth-order valence-electron chi connectivity index (χ4n) is 2.46. The van der Waals surface area contributed by atoms with E-state index < -0.39 is 9.84 Å². The maximum atomic E-state index is 11.7. The highest BCUT2D eigenvalue weighted by molar-refractivity contribution is 7.90. The predicted octanol–water partition coefficient (Wildman–Crippen LogP) is 1.41. The van der Waals surface area contributed by atoms with E-state index in [2.05, 4.69) is 10.3 Å². The van der Waals surface area contributed by atoms with Crippen LogP contribution < -0.4 is 11.1 Å². The Morgan fingerprint density at radius 1 is 1.37 bits per heavy atom. The van der Waals surface area contributed by atoms with Crippen LogP contribution in [-0.4, -0.2) is 32.2 Å². The van der Waals surface area contributed by atoms with Gasteiger partial charge in [-0.05, 0) is 43.7 Å². The molecule has 0 spiro atoms. The second kappa shape index (κ2) is 5.88. The molecule has 0 radical (unpaired) electrons. The fourth-order valence-corrected chi connectivity index (χ4v) is 3.26. The van der Waals surface area contributed by atoms with E-state index in [0.29, 0.717) is 17.8 Å². The number of nitrogens with zero attached hydrogens (tertiary/aromatic N) is 1. The van der Waals surface area contributed by atoms with Gasteiger partial charge in [0.1, 0.15) is 10.7 Å². The van der Waals surface area contributed by atoms with Crippen LogP contribution in [0.3, 0.4) is 0 Å². The van der Waals surface area contributed by atoms with Crippen molar-refractivity contribution in [3.63, 3.8) is 0 Å². The number of sulfone groups is 1. The summed E-state index contributed by atoms with van der Waals surface area (Å²) in [6, 6.07) is 3.56. The van der Waals surface area contributed by atoms with E-state index in [1.54, 1.807) is 18.3 Å². The van der Waals surface area contributed by atoms with Crippen molar-refractivity contribution in [1.29, 1.82) is 0 Å². The molecular weight excluding hydrogens is 262 g/mol. The van der Waals surface area contributed by atoms with Gasteiger partial charge in [0, 0.05) is 25.0 Å². The molecule has 106 valence electrons. The third kappa shape index (κ3) is 3.91. The molecule has 0 amide bonds. The normalized spacial score (nSPS) is 24.1. The first kappa shape index (κ1) is 14.3. The molecule has 6 heteroatoms. The monoisotopic (exact) mass is 283 g/mol. The Balaban J connectivity index is 2.00. The van der Waals surface area contributed by atoms with Crippen LogP contribution in [0.5, 0.6) is 0 Å². The Labute approximate surface area is 114 Å². The molecule has 1 aliphatic rings. The van der Waals surface area contributed by atoms with Gasteiger partial charge in [-0.1, -0.05) is 0 Å². The largest absolute Gasteiger partial charge is 0.369 e. The molecule has 0 saturated heterocycles. The quantitative estimate of drug-likeness (QED) is 0.873. The first-order valence-corrected chi connectivity index (χ1v) is 8.50. The molecule has 2 rings (SSSR count). The predicted molar refractivity (Wildman–Crippen MR) is 75.8 cm³/mol. The maximum absolute atomic E-state index is 11.7. The molecule has 0 bridgehead atoms. The van der Waals surface area contributed by atoms with Crippen LogP contribution >= 0.6 is 0 Å². The lowest BCUT2D eigenvalue weighted by Gasteiger charge is -2.26. The van der Waals surface area contributed by atoms with Crippen LogP contribution in [0.1, 0.15) is 25.7 Å². The van der Waals surface area contributed by atoms with Crippen LogP contribution in [0, 0.1) is 5.92 Å². The van der Waals surface area contributed by atoms with E-state index in [1.807, 2.05) is 0 Å². The van der Waals surface area contributed by atoms with Crippen molar-refractivity contribution in [2.75, 3.05) is 18.1 Å². The highest BCUT2D eigenvalue weighted by Gasteiger charge is 2.20. The molecule has 1 saturated carbocycles. The highest BCUT2D eigenvalue weighted by Crippen LogP contribution is 2.24. The minimum Gasteiger partial charge on any atom is -0.369 e. The lowest BCUT2D eigenvalue weighted by atomic mass is 9.86. The zero-order valence-electron chi connectivity index (χ0n) is 11.2. The van der Waals surface area contributed by atoms with E-state index in [1.165, 1.54) is 6.26 Å². The fraction of sp³-hybridized carbons (Fsp3) is 0.615. The van der Waals surface area contributed by atoms with Crippen LogP contribution in [0.4, 0.5) is 5.82 Å². The SMILES string of the molecule is CS(=O)(=O)c1cccnc1NCC1CCC(N)CC1. The Kier molecular flexibility index (Phi) is 4.42. The number of aromatic nitrogens is 1. The molecule has 1 aromatic heterocycles. The van der Waals surface area contributed by atoms with Gasteiger partial charge in [0.15, 0.2) is 9.84 Å². The summed E-state index contributed by atoms with van der Waals surface area (Å²) >= 11 is 0. The van der Waals surface area contributed by atoms with Crippen LogP contribution in [0.2, 0.25) is 0 Å². The van der Waals surface area contributed by atoms with Gasteiger partial charge in [-0.3, -0.25) is 0 Å². The number of hydrogen-bond acceptors (Lipinski definition) is 5. The summed E-state index contributed by atoms with van der Waals surface area (Å²) < 4.78 is 23.3. The molecule has 1 fully saturated rings. The molecule has 1 aliphatic carbocycles. The average Bonchev–Trinajstić information content (AvgIpc) is 2.37. The molecule has 19 heavy (non-hydrogen) atoms. The molecule has 1 aromatic rings. The lowest BCUT2D eigenvalue weighted by molar-refractivity contribution is 0.338. The summed E-state index contributed by atoms with van der Waals surface area (Å²) in [6.07, 6.45) is 7.09. The van der Waals surface area contributed by atoms with Gasteiger partial charge in [0.25, 0.3) is 0 Å². The molecule has 0 unspecified atom stereocenters. The summed E-state index contributed by atoms with van der Waals surface area (Å²) in [7, 11) is -3.24. The van der Waals surface area contributed by atoms with Gasteiger partial charge in [-0.25, -0.2) is 13.4 Å². The summed E-state index contributed by atoms with van der Waals surface area (Å²) in [5.41, 5.74) is 5.87. The second-order valence-electron chi connectivity index (χ2n) is 5.28. The number of anilines is 1. The van der Waals surface area contributed by atoms with E-state index in [-0.39, 0.29) is 4.90 Å². The Morgan fingerprint density at radius 3 is 2.68 bits per heavy atom. The van der Waals surface area contributed by atoms with Crippen molar-refractivity contribution < 1.29 is 8.42 Å². The minimum atomic E-state index is -3.24. The molecule has 0 aromatic carbocycles. The third-order valence-electron chi connectivity index (χ3n) is 3.62. The zero-order valence-corrected chi connectivity index (χ0v) is 12.0. The smallest absolute Gasteiger partial charge is 0.179 e. The Morgan fingerprint density at radius 2 is 2.05 bits per heavy atom. The van der Waals surface area contributed by atoms with Gasteiger partial charge in [-0.15, -0.1) is 0 Å². The highest BCUT2D eigenvalue weighted by atomic mass is 32.2. The topological polar surface area (TPSA) is 85.1 Å². The van der Waals surface area contributed by atoms with Crippen molar-refractivity contribution >= 4 is 15.7 Å². The lowest BCUT2D eigenvalue weighted by Crippen LogP contribution is -2.29. The van der Waals surface area contributed by atoms with Gasteiger partial charge >= 0.3 is 0 Å². The third-order valence-corrected chi connectivity index (χ3v) is 4.75. The number of rotatable bonds is 4. The maximum Gasteiger partial charge on any atom is 0.179 e. The zero-order chi connectivity index (χ0) is 13.9. The summed E-state index contributed by atoms with van der Waals surface area (Å²) in [5, 5.41) is 3.17. The van der Waals surface area contributed by atoms with Gasteiger partial charge in [0.2, 0.25) is 0 Å².